The van der Waals surface area contributed by atoms with E-state index in [0.29, 0.717) is 18.5 Å². The van der Waals surface area contributed by atoms with Gasteiger partial charge in [0, 0.05) is 24.1 Å². The second-order valence-electron chi connectivity index (χ2n) is 7.13. The third-order valence-electron chi connectivity index (χ3n) is 5.23. The number of nitrogens with one attached hydrogen (secondary N) is 1. The molecule has 1 N–H and O–H groups in total. The Morgan fingerprint density at radius 3 is 2.63 bits per heavy atom. The number of benzene rings is 3. The molecule has 1 fully saturated rings. The van der Waals surface area contributed by atoms with Crippen molar-refractivity contribution in [2.24, 2.45) is 0 Å². The number of Topliss-reactive ketones (excluding diaryl/α,β-unsaturated/α-hetero) is 1. The van der Waals surface area contributed by atoms with Crippen LogP contribution in [0.1, 0.15) is 37.0 Å². The highest BCUT2D eigenvalue weighted by Gasteiger charge is 2.41. The highest BCUT2D eigenvalue weighted by Crippen LogP contribution is 2.45. The third-order valence-corrected chi connectivity index (χ3v) is 5.23. The van der Waals surface area contributed by atoms with E-state index in [2.05, 4.69) is 23.5 Å². The van der Waals surface area contributed by atoms with E-state index in [-0.39, 0.29) is 18.3 Å². The summed E-state index contributed by atoms with van der Waals surface area (Å²) in [5.74, 6) is 0.155. The molecule has 0 spiro atoms. The lowest BCUT2D eigenvalue weighted by molar-refractivity contribution is -0.155. The number of hydrogen-bond acceptors (Lipinski definition) is 3. The normalized spacial score (nSPS) is 22.6. The van der Waals surface area contributed by atoms with E-state index >= 15 is 0 Å². The molecule has 1 amide bonds. The van der Waals surface area contributed by atoms with Crippen LogP contribution < -0.4 is 5.32 Å². The quantitative estimate of drug-likeness (QED) is 0.684. The molecular weight excluding hydrogens is 338 g/mol. The maximum absolute atomic E-state index is 12.7. The maximum atomic E-state index is 12.7. The lowest BCUT2D eigenvalue weighted by Crippen LogP contribution is -2.37. The summed E-state index contributed by atoms with van der Waals surface area (Å²) in [7, 11) is 0. The van der Waals surface area contributed by atoms with Crippen LogP contribution in [0.15, 0.2) is 66.7 Å². The van der Waals surface area contributed by atoms with Gasteiger partial charge in [0.25, 0.3) is 0 Å². The van der Waals surface area contributed by atoms with Crippen LogP contribution in [0.25, 0.3) is 10.8 Å². The molecule has 0 unspecified atom stereocenters. The minimum atomic E-state index is -0.802. The summed E-state index contributed by atoms with van der Waals surface area (Å²) < 4.78 is 6.53. The number of rotatable bonds is 4. The van der Waals surface area contributed by atoms with Gasteiger partial charge in [-0.05, 0) is 29.3 Å². The number of carbonyl (C=O) groups excluding carboxylic acids is 2. The van der Waals surface area contributed by atoms with Crippen molar-refractivity contribution >= 4 is 28.7 Å². The molecule has 1 aliphatic heterocycles. The number of amides is 1. The van der Waals surface area contributed by atoms with Crippen molar-refractivity contribution in [1.82, 2.24) is 0 Å². The van der Waals surface area contributed by atoms with E-state index in [1.54, 1.807) is 0 Å². The summed E-state index contributed by atoms with van der Waals surface area (Å²) in [5.41, 5.74) is 1.70. The van der Waals surface area contributed by atoms with Crippen LogP contribution in [0.4, 0.5) is 5.69 Å². The number of ketones is 1. The van der Waals surface area contributed by atoms with E-state index in [4.69, 9.17) is 4.74 Å². The maximum Gasteiger partial charge on any atom is 0.211 e. The first kappa shape index (κ1) is 17.4. The van der Waals surface area contributed by atoms with E-state index in [1.807, 2.05) is 55.5 Å². The van der Waals surface area contributed by atoms with Gasteiger partial charge >= 0.3 is 0 Å². The summed E-state index contributed by atoms with van der Waals surface area (Å²) >= 11 is 0. The molecule has 1 saturated heterocycles. The molecule has 3 aromatic rings. The summed E-state index contributed by atoms with van der Waals surface area (Å²) in [6.07, 6.45) is 0.958. The molecule has 1 aliphatic rings. The number of anilines is 1. The summed E-state index contributed by atoms with van der Waals surface area (Å²) in [6.45, 7) is 1.92. The Balaban J connectivity index is 1.77. The van der Waals surface area contributed by atoms with Crippen LogP contribution in [0.3, 0.4) is 0 Å². The molecule has 27 heavy (non-hydrogen) atoms. The largest absolute Gasteiger partial charge is 0.362 e. The smallest absolute Gasteiger partial charge is 0.211 e. The van der Waals surface area contributed by atoms with Gasteiger partial charge in [-0.1, -0.05) is 60.7 Å². The zero-order valence-electron chi connectivity index (χ0n) is 15.1. The predicted molar refractivity (Wildman–Crippen MR) is 105 cm³/mol. The fraction of sp³-hybridized carbons (Fsp3) is 0.217. The Bertz CT molecular complexity index is 1010. The van der Waals surface area contributed by atoms with Crippen molar-refractivity contribution in [3.8, 4) is 0 Å². The molecular formula is C23H21NO3. The van der Waals surface area contributed by atoms with Crippen LogP contribution in [0.5, 0.6) is 0 Å². The van der Waals surface area contributed by atoms with E-state index in [9.17, 15) is 9.59 Å². The Hall–Kier alpha value is -2.98. The van der Waals surface area contributed by atoms with Crippen LogP contribution in [0.2, 0.25) is 0 Å². The van der Waals surface area contributed by atoms with Gasteiger partial charge in [0.15, 0.2) is 0 Å². The summed E-state index contributed by atoms with van der Waals surface area (Å²) in [6, 6.07) is 21.7. The zero-order chi connectivity index (χ0) is 18.9. The molecule has 3 aromatic carbocycles. The Morgan fingerprint density at radius 2 is 1.78 bits per heavy atom. The first-order valence-corrected chi connectivity index (χ1v) is 9.07. The Labute approximate surface area is 158 Å². The van der Waals surface area contributed by atoms with Crippen LogP contribution in [0, 0.1) is 0 Å². The highest BCUT2D eigenvalue weighted by molar-refractivity contribution is 5.88. The topological polar surface area (TPSA) is 55.4 Å². The molecule has 0 aromatic heterocycles. The van der Waals surface area contributed by atoms with Crippen LogP contribution in [-0.2, 0) is 19.9 Å². The van der Waals surface area contributed by atoms with Crippen molar-refractivity contribution in [1.29, 1.82) is 0 Å². The van der Waals surface area contributed by atoms with Crippen molar-refractivity contribution in [3.63, 3.8) is 0 Å². The van der Waals surface area contributed by atoms with Crippen molar-refractivity contribution < 1.29 is 14.3 Å². The van der Waals surface area contributed by atoms with Gasteiger partial charge in [-0.15, -0.1) is 0 Å². The van der Waals surface area contributed by atoms with Gasteiger partial charge in [0.1, 0.15) is 11.4 Å². The minimum Gasteiger partial charge on any atom is -0.362 e. The van der Waals surface area contributed by atoms with Gasteiger partial charge in [-0.3, -0.25) is 9.59 Å². The predicted octanol–water partition coefficient (Wildman–Crippen LogP) is 4.74. The molecule has 2 atom stereocenters. The zero-order valence-corrected chi connectivity index (χ0v) is 15.1. The fourth-order valence-corrected chi connectivity index (χ4v) is 4.05. The van der Waals surface area contributed by atoms with Gasteiger partial charge in [-0.25, -0.2) is 0 Å². The first-order valence-electron chi connectivity index (χ1n) is 9.07. The lowest BCUT2D eigenvalue weighted by atomic mass is 9.83. The molecule has 4 nitrogen and oxygen atoms in total. The molecule has 1 heterocycles. The SMILES string of the molecule is C[C@@]1(c2ccccc2NC=O)CC(=O)C[C@H](c2cccc3ccccc23)O1. The number of para-hydroxylation sites is 1. The molecule has 4 heteroatoms. The summed E-state index contributed by atoms with van der Waals surface area (Å²) in [4.78, 5) is 23.7. The second-order valence-corrected chi connectivity index (χ2v) is 7.13. The average Bonchev–Trinajstić information content (AvgIpc) is 2.67. The number of hydrogen-bond donors (Lipinski definition) is 1. The molecule has 0 bridgehead atoms. The molecule has 136 valence electrons. The van der Waals surface area contributed by atoms with E-state index < -0.39 is 5.60 Å². The minimum absolute atomic E-state index is 0.155. The van der Waals surface area contributed by atoms with Gasteiger partial charge in [0.05, 0.1) is 6.10 Å². The Morgan fingerprint density at radius 1 is 1.04 bits per heavy atom. The number of fused-ring (bicyclic) bond motifs is 1. The van der Waals surface area contributed by atoms with Crippen molar-refractivity contribution in [2.45, 2.75) is 31.5 Å². The molecule has 0 aliphatic carbocycles. The van der Waals surface area contributed by atoms with Gasteiger partial charge < -0.3 is 10.1 Å². The van der Waals surface area contributed by atoms with Crippen LogP contribution >= 0.6 is 0 Å². The third kappa shape index (κ3) is 3.24. The lowest BCUT2D eigenvalue weighted by Gasteiger charge is -2.39. The van der Waals surface area contributed by atoms with E-state index in [1.165, 1.54) is 0 Å². The molecule has 0 radical (unpaired) electrons. The van der Waals surface area contributed by atoms with E-state index in [0.717, 1.165) is 21.9 Å². The fourth-order valence-electron chi connectivity index (χ4n) is 4.05. The highest BCUT2D eigenvalue weighted by atomic mass is 16.5. The standard InChI is InChI=1S/C23H21NO3/c1-23(20-11-4-5-12-21(20)24-15-25)14-17(26)13-22(27-23)19-10-6-8-16-7-2-3-9-18(16)19/h2-12,15,22H,13-14H2,1H3,(H,24,25)/t22-,23+/m1/s1. The van der Waals surface area contributed by atoms with Gasteiger partial charge in [-0.2, -0.15) is 0 Å². The second kappa shape index (κ2) is 6.97. The number of ether oxygens (including phenoxy) is 1. The Kier molecular flexibility index (Phi) is 4.50. The first-order chi connectivity index (χ1) is 13.1. The van der Waals surface area contributed by atoms with Crippen LogP contribution in [-0.4, -0.2) is 12.2 Å². The van der Waals surface area contributed by atoms with Gasteiger partial charge in [0.2, 0.25) is 6.41 Å². The molecule has 0 saturated carbocycles. The van der Waals surface area contributed by atoms with Crippen molar-refractivity contribution in [2.75, 3.05) is 5.32 Å². The van der Waals surface area contributed by atoms with Crippen molar-refractivity contribution in [3.05, 3.63) is 77.9 Å². The monoisotopic (exact) mass is 359 g/mol. The molecule has 4 rings (SSSR count). The summed E-state index contributed by atoms with van der Waals surface area (Å²) in [5, 5.41) is 4.95. The number of carbonyl (C=O) groups is 2. The average molecular weight is 359 g/mol.